The summed E-state index contributed by atoms with van der Waals surface area (Å²) in [5.41, 5.74) is 0.999. The van der Waals surface area contributed by atoms with E-state index < -0.39 is 0 Å². The summed E-state index contributed by atoms with van der Waals surface area (Å²) in [5, 5.41) is 2.90. The van der Waals surface area contributed by atoms with E-state index in [2.05, 4.69) is 10.3 Å². The first-order valence-electron chi connectivity index (χ1n) is 6.19. The lowest BCUT2D eigenvalue weighted by atomic mass is 10.3. The molecular formula is C15H16N2OS. The van der Waals surface area contributed by atoms with Crippen molar-refractivity contribution in [3.8, 4) is 0 Å². The molecule has 0 saturated carbocycles. The van der Waals surface area contributed by atoms with Crippen LogP contribution in [0.1, 0.15) is 5.69 Å². The molecular weight excluding hydrogens is 256 g/mol. The molecule has 1 aromatic heterocycles. The largest absolute Gasteiger partial charge is 0.355 e. The molecule has 0 radical (unpaired) electrons. The van der Waals surface area contributed by atoms with E-state index in [4.69, 9.17) is 0 Å². The molecule has 0 saturated heterocycles. The topological polar surface area (TPSA) is 42.0 Å². The second-order valence-electron chi connectivity index (χ2n) is 4.02. The van der Waals surface area contributed by atoms with Crippen molar-refractivity contribution in [1.29, 1.82) is 0 Å². The Hall–Kier alpha value is -1.81. The highest BCUT2D eigenvalue weighted by Crippen LogP contribution is 2.16. The fraction of sp³-hybridized carbons (Fsp3) is 0.200. The van der Waals surface area contributed by atoms with Gasteiger partial charge in [0.1, 0.15) is 0 Å². The summed E-state index contributed by atoms with van der Waals surface area (Å²) >= 11 is 1.55. The number of thioether (sulfide) groups is 1. The fourth-order valence-corrected chi connectivity index (χ4v) is 2.34. The van der Waals surface area contributed by atoms with Gasteiger partial charge in [-0.15, -0.1) is 11.8 Å². The van der Waals surface area contributed by atoms with Crippen LogP contribution in [0, 0.1) is 0 Å². The Morgan fingerprint density at radius 2 is 1.89 bits per heavy atom. The van der Waals surface area contributed by atoms with Crippen LogP contribution in [0.5, 0.6) is 0 Å². The molecule has 98 valence electrons. The van der Waals surface area contributed by atoms with E-state index in [1.165, 1.54) is 0 Å². The molecule has 1 aromatic carbocycles. The molecule has 0 aliphatic carbocycles. The van der Waals surface area contributed by atoms with Crippen LogP contribution in [-0.2, 0) is 11.2 Å². The van der Waals surface area contributed by atoms with Gasteiger partial charge in [-0.05, 0) is 24.3 Å². The van der Waals surface area contributed by atoms with Gasteiger partial charge in [-0.1, -0.05) is 24.3 Å². The molecule has 0 unspecified atom stereocenters. The molecule has 1 N–H and O–H groups in total. The molecule has 19 heavy (non-hydrogen) atoms. The summed E-state index contributed by atoms with van der Waals surface area (Å²) in [4.78, 5) is 17.0. The van der Waals surface area contributed by atoms with E-state index in [1.807, 2.05) is 48.5 Å². The quantitative estimate of drug-likeness (QED) is 0.822. The highest BCUT2D eigenvalue weighted by Gasteiger charge is 2.02. The van der Waals surface area contributed by atoms with E-state index in [0.717, 1.165) is 17.0 Å². The average Bonchev–Trinajstić information content (AvgIpc) is 2.47. The van der Waals surface area contributed by atoms with Crippen molar-refractivity contribution in [2.45, 2.75) is 11.3 Å². The number of rotatable bonds is 6. The van der Waals surface area contributed by atoms with Gasteiger partial charge in [0.05, 0.1) is 5.75 Å². The summed E-state index contributed by atoms with van der Waals surface area (Å²) in [6.45, 7) is 0.630. The molecule has 0 aliphatic rings. The first-order valence-corrected chi connectivity index (χ1v) is 7.17. The summed E-state index contributed by atoms with van der Waals surface area (Å²) in [7, 11) is 0. The summed E-state index contributed by atoms with van der Waals surface area (Å²) in [5.74, 6) is 0.511. The zero-order chi connectivity index (χ0) is 13.3. The minimum atomic E-state index is 0.0600. The predicted octanol–water partition coefficient (Wildman–Crippen LogP) is 2.53. The number of carbonyl (C=O) groups excluding carboxylic acids is 1. The maximum Gasteiger partial charge on any atom is 0.230 e. The van der Waals surface area contributed by atoms with E-state index in [9.17, 15) is 4.79 Å². The number of pyridine rings is 1. The Labute approximate surface area is 117 Å². The molecule has 4 heteroatoms. The van der Waals surface area contributed by atoms with E-state index in [-0.39, 0.29) is 5.91 Å². The van der Waals surface area contributed by atoms with Gasteiger partial charge in [0.15, 0.2) is 0 Å². The van der Waals surface area contributed by atoms with Crippen LogP contribution in [0.25, 0.3) is 0 Å². The molecule has 0 fully saturated rings. The van der Waals surface area contributed by atoms with E-state index in [1.54, 1.807) is 18.0 Å². The molecule has 3 nitrogen and oxygen atoms in total. The van der Waals surface area contributed by atoms with E-state index >= 15 is 0 Å². The van der Waals surface area contributed by atoms with Gasteiger partial charge in [0.2, 0.25) is 5.91 Å². The van der Waals surface area contributed by atoms with Gasteiger partial charge >= 0.3 is 0 Å². The van der Waals surface area contributed by atoms with Crippen LogP contribution in [-0.4, -0.2) is 23.2 Å². The lowest BCUT2D eigenvalue weighted by molar-refractivity contribution is -0.118. The highest BCUT2D eigenvalue weighted by atomic mass is 32.2. The van der Waals surface area contributed by atoms with Crippen molar-refractivity contribution in [3.05, 3.63) is 60.4 Å². The van der Waals surface area contributed by atoms with Gasteiger partial charge < -0.3 is 5.32 Å². The zero-order valence-corrected chi connectivity index (χ0v) is 11.4. The molecule has 0 aliphatic heterocycles. The number of carbonyl (C=O) groups is 1. The summed E-state index contributed by atoms with van der Waals surface area (Å²) in [6, 6.07) is 15.7. The van der Waals surface area contributed by atoms with Crippen LogP contribution >= 0.6 is 11.8 Å². The van der Waals surface area contributed by atoms with Gasteiger partial charge in [-0.2, -0.15) is 0 Å². The molecule has 0 bridgehead atoms. The number of nitrogens with one attached hydrogen (secondary N) is 1. The lowest BCUT2D eigenvalue weighted by Gasteiger charge is -2.04. The number of aromatic nitrogens is 1. The number of nitrogens with zero attached hydrogens (tertiary/aromatic N) is 1. The zero-order valence-electron chi connectivity index (χ0n) is 10.6. The number of hydrogen-bond donors (Lipinski definition) is 1. The second-order valence-corrected chi connectivity index (χ2v) is 5.07. The number of amides is 1. The third-order valence-corrected chi connectivity index (χ3v) is 3.55. The van der Waals surface area contributed by atoms with Gasteiger partial charge in [-0.25, -0.2) is 0 Å². The van der Waals surface area contributed by atoms with Gasteiger partial charge in [-0.3, -0.25) is 9.78 Å². The Kier molecular flexibility index (Phi) is 5.44. The van der Waals surface area contributed by atoms with Crippen molar-refractivity contribution in [2.24, 2.45) is 0 Å². The van der Waals surface area contributed by atoms with Crippen LogP contribution < -0.4 is 5.32 Å². The van der Waals surface area contributed by atoms with Crippen LogP contribution in [0.4, 0.5) is 0 Å². The maximum atomic E-state index is 11.7. The second kappa shape index (κ2) is 7.59. The molecule has 1 heterocycles. The molecule has 1 amide bonds. The highest BCUT2D eigenvalue weighted by molar-refractivity contribution is 8.00. The first kappa shape index (κ1) is 13.6. The van der Waals surface area contributed by atoms with Crippen LogP contribution in [0.2, 0.25) is 0 Å². The smallest absolute Gasteiger partial charge is 0.230 e. The van der Waals surface area contributed by atoms with Crippen LogP contribution in [0.15, 0.2) is 59.6 Å². The van der Waals surface area contributed by atoms with Crippen LogP contribution in [0.3, 0.4) is 0 Å². The average molecular weight is 272 g/mol. The van der Waals surface area contributed by atoms with Crippen molar-refractivity contribution >= 4 is 17.7 Å². The Bertz CT molecular complexity index is 502. The number of benzene rings is 1. The third-order valence-electron chi connectivity index (χ3n) is 2.54. The number of hydrogen-bond acceptors (Lipinski definition) is 3. The Morgan fingerprint density at radius 1 is 1.11 bits per heavy atom. The Morgan fingerprint density at radius 3 is 2.63 bits per heavy atom. The van der Waals surface area contributed by atoms with Crippen molar-refractivity contribution in [1.82, 2.24) is 10.3 Å². The van der Waals surface area contributed by atoms with Gasteiger partial charge in [0.25, 0.3) is 0 Å². The normalized spacial score (nSPS) is 10.1. The molecule has 2 aromatic rings. The van der Waals surface area contributed by atoms with Gasteiger partial charge in [0, 0.05) is 29.8 Å². The summed E-state index contributed by atoms with van der Waals surface area (Å²) < 4.78 is 0. The van der Waals surface area contributed by atoms with E-state index in [0.29, 0.717) is 12.3 Å². The Balaban J connectivity index is 1.65. The monoisotopic (exact) mass is 272 g/mol. The fourth-order valence-electron chi connectivity index (χ4n) is 1.59. The van der Waals surface area contributed by atoms with Crippen molar-refractivity contribution in [3.63, 3.8) is 0 Å². The molecule has 0 spiro atoms. The predicted molar refractivity (Wildman–Crippen MR) is 78.1 cm³/mol. The SMILES string of the molecule is O=C(CSc1ccccc1)NCCc1ccccn1. The standard InChI is InChI=1S/C15H16N2OS/c18-15(12-19-14-7-2-1-3-8-14)17-11-9-13-6-4-5-10-16-13/h1-8,10H,9,11-12H2,(H,17,18). The maximum absolute atomic E-state index is 11.7. The first-order chi connectivity index (χ1) is 9.34. The van der Waals surface area contributed by atoms with Crippen molar-refractivity contribution in [2.75, 3.05) is 12.3 Å². The minimum absolute atomic E-state index is 0.0600. The summed E-state index contributed by atoms with van der Waals surface area (Å²) in [6.07, 6.45) is 2.53. The lowest BCUT2D eigenvalue weighted by Crippen LogP contribution is -2.27. The third kappa shape index (κ3) is 5.14. The molecule has 2 rings (SSSR count). The minimum Gasteiger partial charge on any atom is -0.355 e. The van der Waals surface area contributed by atoms with Crippen molar-refractivity contribution < 1.29 is 4.79 Å². The molecule has 0 atom stereocenters.